The molecule has 5 nitrogen and oxygen atoms in total. The predicted octanol–water partition coefficient (Wildman–Crippen LogP) is 2.88. The van der Waals surface area contributed by atoms with Crippen molar-refractivity contribution in [3.63, 3.8) is 0 Å². The highest BCUT2D eigenvalue weighted by Gasteiger charge is 2.40. The normalized spacial score (nSPS) is 22.2. The van der Waals surface area contributed by atoms with Crippen molar-refractivity contribution < 1.29 is 19.4 Å². The monoisotopic (exact) mass is 355 g/mol. The van der Waals surface area contributed by atoms with E-state index in [-0.39, 0.29) is 18.1 Å². The van der Waals surface area contributed by atoms with E-state index in [0.29, 0.717) is 25.0 Å². The van der Waals surface area contributed by atoms with Crippen molar-refractivity contribution in [3.8, 4) is 5.75 Å². The predicted molar refractivity (Wildman–Crippen MR) is 99.1 cm³/mol. The summed E-state index contributed by atoms with van der Waals surface area (Å²) in [6.45, 7) is 0.518. The van der Waals surface area contributed by atoms with Gasteiger partial charge in [-0.25, -0.2) is 0 Å². The van der Waals surface area contributed by atoms with E-state index in [9.17, 15) is 9.90 Å². The number of carbonyl (C=O) groups excluding carboxylic acids is 1. The Labute approximate surface area is 154 Å². The highest BCUT2D eigenvalue weighted by atomic mass is 16.5. The molecule has 1 fully saturated rings. The molecule has 1 N–H and O–H groups in total. The average molecular weight is 355 g/mol. The highest BCUT2D eigenvalue weighted by molar-refractivity contribution is 5.94. The second-order valence-corrected chi connectivity index (χ2v) is 6.65. The van der Waals surface area contributed by atoms with E-state index in [2.05, 4.69) is 0 Å². The number of rotatable bonds is 6. The fraction of sp³-hybridized carbons (Fsp3) is 0.381. The van der Waals surface area contributed by atoms with Crippen molar-refractivity contribution in [1.29, 1.82) is 0 Å². The Balaban J connectivity index is 1.63. The lowest BCUT2D eigenvalue weighted by molar-refractivity contribution is 0.0166. The van der Waals surface area contributed by atoms with Gasteiger partial charge in [-0.2, -0.15) is 0 Å². The van der Waals surface area contributed by atoms with Crippen LogP contribution < -0.4 is 4.74 Å². The van der Waals surface area contributed by atoms with Gasteiger partial charge in [-0.1, -0.05) is 30.3 Å². The van der Waals surface area contributed by atoms with Crippen molar-refractivity contribution in [2.24, 2.45) is 0 Å². The minimum Gasteiger partial charge on any atom is -0.488 e. The summed E-state index contributed by atoms with van der Waals surface area (Å²) < 4.78 is 11.0. The van der Waals surface area contributed by atoms with E-state index in [1.165, 1.54) is 0 Å². The molecular formula is C21H25NO4. The smallest absolute Gasteiger partial charge is 0.253 e. The van der Waals surface area contributed by atoms with Gasteiger partial charge >= 0.3 is 0 Å². The summed E-state index contributed by atoms with van der Waals surface area (Å²) in [5.74, 6) is 0.637. The number of hydrogen-bond acceptors (Lipinski definition) is 4. The molecule has 1 aliphatic rings. The van der Waals surface area contributed by atoms with Crippen LogP contribution in [0.1, 0.15) is 28.8 Å². The van der Waals surface area contributed by atoms with Crippen molar-refractivity contribution in [2.45, 2.75) is 37.7 Å². The molecule has 0 saturated heterocycles. The molecular weight excluding hydrogens is 330 g/mol. The number of para-hydroxylation sites is 1. The molecule has 3 rings (SSSR count). The number of amides is 1. The SMILES string of the molecule is COCc1ccc(C(=O)N(C)[C@@H]2CC[C@H](Oc3ccccc3)[C@H]2O)cc1. The van der Waals surface area contributed by atoms with Crippen LogP contribution in [-0.2, 0) is 11.3 Å². The lowest BCUT2D eigenvalue weighted by Gasteiger charge is -2.29. The molecule has 5 heteroatoms. The summed E-state index contributed by atoms with van der Waals surface area (Å²) in [5, 5.41) is 10.7. The first-order valence-electron chi connectivity index (χ1n) is 8.85. The number of methoxy groups -OCH3 is 1. The van der Waals surface area contributed by atoms with Crippen molar-refractivity contribution in [3.05, 3.63) is 65.7 Å². The van der Waals surface area contributed by atoms with Crippen LogP contribution in [0.3, 0.4) is 0 Å². The van der Waals surface area contributed by atoms with Crippen LogP contribution in [0.25, 0.3) is 0 Å². The average Bonchev–Trinajstić information content (AvgIpc) is 3.03. The summed E-state index contributed by atoms with van der Waals surface area (Å²) in [6.07, 6.45) is 0.409. The molecule has 0 radical (unpaired) electrons. The number of aliphatic hydroxyl groups is 1. The van der Waals surface area contributed by atoms with E-state index in [1.54, 1.807) is 31.2 Å². The van der Waals surface area contributed by atoms with Gasteiger partial charge in [0, 0.05) is 19.7 Å². The first kappa shape index (κ1) is 18.4. The van der Waals surface area contributed by atoms with E-state index < -0.39 is 6.10 Å². The molecule has 0 heterocycles. The molecule has 0 bridgehead atoms. The first-order valence-corrected chi connectivity index (χ1v) is 8.85. The van der Waals surface area contributed by atoms with Gasteiger partial charge in [-0.15, -0.1) is 0 Å². The number of benzene rings is 2. The number of carbonyl (C=O) groups is 1. The van der Waals surface area contributed by atoms with Gasteiger partial charge in [0.15, 0.2) is 0 Å². The lowest BCUT2D eigenvalue weighted by Crippen LogP contribution is -2.45. The highest BCUT2D eigenvalue weighted by Crippen LogP contribution is 2.29. The largest absolute Gasteiger partial charge is 0.488 e. The third kappa shape index (κ3) is 4.06. The molecule has 1 amide bonds. The topological polar surface area (TPSA) is 59.0 Å². The molecule has 1 saturated carbocycles. The molecule has 0 unspecified atom stereocenters. The zero-order valence-electron chi connectivity index (χ0n) is 15.2. The zero-order valence-corrected chi connectivity index (χ0v) is 15.2. The van der Waals surface area contributed by atoms with Crippen LogP contribution in [0.5, 0.6) is 5.75 Å². The number of ether oxygens (including phenoxy) is 2. The van der Waals surface area contributed by atoms with Gasteiger partial charge in [0.25, 0.3) is 5.91 Å². The van der Waals surface area contributed by atoms with Gasteiger partial charge in [0.2, 0.25) is 0 Å². The fourth-order valence-corrected chi connectivity index (χ4v) is 3.41. The van der Waals surface area contributed by atoms with Gasteiger partial charge in [-0.3, -0.25) is 4.79 Å². The maximum atomic E-state index is 12.8. The van der Waals surface area contributed by atoms with Gasteiger partial charge in [0.05, 0.1) is 12.6 Å². The number of aliphatic hydroxyl groups excluding tert-OH is 1. The van der Waals surface area contributed by atoms with E-state index in [0.717, 1.165) is 11.3 Å². The zero-order chi connectivity index (χ0) is 18.5. The molecule has 138 valence electrons. The Kier molecular flexibility index (Phi) is 5.91. The molecule has 26 heavy (non-hydrogen) atoms. The van der Waals surface area contributed by atoms with Gasteiger partial charge in [0.1, 0.15) is 18.0 Å². The molecule has 2 aromatic carbocycles. The summed E-state index contributed by atoms with van der Waals surface area (Å²) in [5.41, 5.74) is 1.62. The minimum atomic E-state index is -0.711. The Hall–Kier alpha value is -2.37. The summed E-state index contributed by atoms with van der Waals surface area (Å²) in [7, 11) is 3.38. The Morgan fingerprint density at radius 2 is 1.81 bits per heavy atom. The van der Waals surface area contributed by atoms with Crippen LogP contribution in [0, 0.1) is 0 Å². The van der Waals surface area contributed by atoms with Crippen molar-refractivity contribution in [2.75, 3.05) is 14.2 Å². The lowest BCUT2D eigenvalue weighted by atomic mass is 10.1. The maximum absolute atomic E-state index is 12.8. The quantitative estimate of drug-likeness (QED) is 0.866. The Bertz CT molecular complexity index is 717. The molecule has 0 aliphatic heterocycles. The van der Waals surface area contributed by atoms with Crippen LogP contribution in [0.15, 0.2) is 54.6 Å². The molecule has 3 atom stereocenters. The maximum Gasteiger partial charge on any atom is 0.253 e. The Morgan fingerprint density at radius 3 is 2.46 bits per heavy atom. The standard InChI is InChI=1S/C21H25NO4/c1-22(21(24)16-10-8-15(9-11-16)14-25-2)18-12-13-19(20(18)23)26-17-6-4-3-5-7-17/h3-11,18-20,23H,12-14H2,1-2H3/t18-,19+,20+/m1/s1. The Morgan fingerprint density at radius 1 is 1.12 bits per heavy atom. The van der Waals surface area contributed by atoms with Crippen molar-refractivity contribution in [1.82, 2.24) is 4.90 Å². The van der Waals surface area contributed by atoms with Crippen LogP contribution in [0.4, 0.5) is 0 Å². The third-order valence-corrected chi connectivity index (χ3v) is 4.88. The summed E-state index contributed by atoms with van der Waals surface area (Å²) >= 11 is 0. The van der Waals surface area contributed by atoms with Gasteiger partial charge < -0.3 is 19.5 Å². The van der Waals surface area contributed by atoms with Crippen LogP contribution in [-0.4, -0.2) is 48.3 Å². The molecule has 0 aromatic heterocycles. The number of likely N-dealkylation sites (N-methyl/N-ethyl adjacent to an activating group) is 1. The summed E-state index contributed by atoms with van der Waals surface area (Å²) in [6, 6.07) is 16.6. The van der Waals surface area contributed by atoms with Crippen LogP contribution in [0.2, 0.25) is 0 Å². The van der Waals surface area contributed by atoms with Crippen molar-refractivity contribution >= 4 is 5.91 Å². The third-order valence-electron chi connectivity index (χ3n) is 4.88. The fourth-order valence-electron chi connectivity index (χ4n) is 3.41. The molecule has 2 aromatic rings. The first-order chi connectivity index (χ1) is 12.6. The molecule has 1 aliphatic carbocycles. The van der Waals surface area contributed by atoms with E-state index in [4.69, 9.17) is 9.47 Å². The van der Waals surface area contributed by atoms with E-state index in [1.807, 2.05) is 42.5 Å². The number of nitrogens with zero attached hydrogens (tertiary/aromatic N) is 1. The van der Waals surface area contributed by atoms with Gasteiger partial charge in [-0.05, 0) is 42.7 Å². The molecule has 0 spiro atoms. The summed E-state index contributed by atoms with van der Waals surface area (Å²) in [4.78, 5) is 14.4. The van der Waals surface area contributed by atoms with Crippen LogP contribution >= 0.6 is 0 Å². The second kappa shape index (κ2) is 8.34. The van der Waals surface area contributed by atoms with E-state index >= 15 is 0 Å². The minimum absolute atomic E-state index is 0.0987. The number of hydrogen-bond donors (Lipinski definition) is 1. The second-order valence-electron chi connectivity index (χ2n) is 6.65.